The van der Waals surface area contributed by atoms with Crippen LogP contribution in [-0.2, 0) is 24.1 Å². The standard InChI is InChI=1S/C20H22F3N3O2/c1-13-7-14(9-26-10-15(11-26)19(27)24-2)3-4-18(13)28-12-17-8-16(5-6-25-17)20(21,22)23/h3-8,15H,9-12H2,1-2H3,(H,24,27). The summed E-state index contributed by atoms with van der Waals surface area (Å²) < 4.78 is 44.0. The van der Waals surface area contributed by atoms with Crippen LogP contribution in [0.15, 0.2) is 36.5 Å². The lowest BCUT2D eigenvalue weighted by atomic mass is 9.98. The lowest BCUT2D eigenvalue weighted by Crippen LogP contribution is -2.52. The molecular formula is C20H22F3N3O2. The second kappa shape index (κ2) is 8.18. The van der Waals surface area contributed by atoms with Crippen LogP contribution in [0.25, 0.3) is 0 Å². The average Bonchev–Trinajstić information content (AvgIpc) is 2.62. The van der Waals surface area contributed by atoms with Crippen LogP contribution in [0, 0.1) is 12.8 Å². The minimum Gasteiger partial charge on any atom is -0.487 e. The second-order valence-electron chi connectivity index (χ2n) is 6.93. The highest BCUT2D eigenvalue weighted by Gasteiger charge is 2.32. The Morgan fingerprint density at radius 3 is 2.68 bits per heavy atom. The molecule has 0 aliphatic carbocycles. The van der Waals surface area contributed by atoms with Crippen LogP contribution >= 0.6 is 0 Å². The van der Waals surface area contributed by atoms with Gasteiger partial charge in [-0.1, -0.05) is 12.1 Å². The van der Waals surface area contributed by atoms with Crippen molar-refractivity contribution >= 4 is 5.91 Å². The number of hydrogen-bond acceptors (Lipinski definition) is 4. The Morgan fingerprint density at radius 2 is 2.04 bits per heavy atom. The number of benzene rings is 1. The van der Waals surface area contributed by atoms with Crippen LogP contribution in [0.1, 0.15) is 22.4 Å². The highest BCUT2D eigenvalue weighted by Crippen LogP contribution is 2.29. The molecule has 2 heterocycles. The average molecular weight is 393 g/mol. The van der Waals surface area contributed by atoms with Gasteiger partial charge in [-0.05, 0) is 36.2 Å². The number of nitrogens with zero attached hydrogens (tertiary/aromatic N) is 2. The van der Waals surface area contributed by atoms with E-state index in [0.29, 0.717) is 5.75 Å². The Bertz CT molecular complexity index is 849. The molecule has 0 radical (unpaired) electrons. The van der Waals surface area contributed by atoms with E-state index in [1.54, 1.807) is 7.05 Å². The number of nitrogens with one attached hydrogen (secondary N) is 1. The van der Waals surface area contributed by atoms with Gasteiger partial charge in [0.2, 0.25) is 5.91 Å². The molecular weight excluding hydrogens is 371 g/mol. The number of ether oxygens (including phenoxy) is 1. The van der Waals surface area contributed by atoms with E-state index < -0.39 is 11.7 Å². The zero-order valence-corrected chi connectivity index (χ0v) is 15.7. The van der Waals surface area contributed by atoms with E-state index in [0.717, 1.165) is 49.1 Å². The molecule has 2 aromatic rings. The Hall–Kier alpha value is -2.61. The minimum atomic E-state index is -4.40. The topological polar surface area (TPSA) is 54.5 Å². The van der Waals surface area contributed by atoms with Gasteiger partial charge < -0.3 is 10.1 Å². The van der Waals surface area contributed by atoms with Gasteiger partial charge in [0.1, 0.15) is 12.4 Å². The van der Waals surface area contributed by atoms with E-state index in [1.165, 1.54) is 0 Å². The van der Waals surface area contributed by atoms with Gasteiger partial charge in [0.15, 0.2) is 0 Å². The number of likely N-dealkylation sites (tertiary alicyclic amines) is 1. The highest BCUT2D eigenvalue weighted by molar-refractivity contribution is 5.79. The zero-order chi connectivity index (χ0) is 20.3. The maximum Gasteiger partial charge on any atom is 0.416 e. The first-order valence-corrected chi connectivity index (χ1v) is 8.94. The van der Waals surface area contributed by atoms with Crippen molar-refractivity contribution in [1.29, 1.82) is 0 Å². The predicted molar refractivity (Wildman–Crippen MR) is 97.6 cm³/mol. The smallest absolute Gasteiger partial charge is 0.416 e. The van der Waals surface area contributed by atoms with Crippen molar-refractivity contribution in [2.45, 2.75) is 26.3 Å². The third-order valence-corrected chi connectivity index (χ3v) is 4.74. The molecule has 1 fully saturated rings. The van der Waals surface area contributed by atoms with Crippen LogP contribution in [0.5, 0.6) is 5.75 Å². The molecule has 0 bridgehead atoms. The van der Waals surface area contributed by atoms with Crippen molar-refractivity contribution in [1.82, 2.24) is 15.2 Å². The SMILES string of the molecule is CNC(=O)C1CN(Cc2ccc(OCc3cc(C(F)(F)F)ccn3)c(C)c2)C1. The lowest BCUT2D eigenvalue weighted by molar-refractivity contribution is -0.137. The molecule has 1 aliphatic rings. The fourth-order valence-corrected chi connectivity index (χ4v) is 3.18. The molecule has 1 N–H and O–H groups in total. The van der Waals surface area contributed by atoms with Crippen LogP contribution in [-0.4, -0.2) is 35.9 Å². The number of aromatic nitrogens is 1. The van der Waals surface area contributed by atoms with Gasteiger partial charge in [-0.15, -0.1) is 0 Å². The summed E-state index contributed by atoms with van der Waals surface area (Å²) in [6, 6.07) is 7.66. The van der Waals surface area contributed by atoms with Crippen molar-refractivity contribution in [3.05, 3.63) is 58.9 Å². The number of hydrogen-bond donors (Lipinski definition) is 1. The summed E-state index contributed by atoms with van der Waals surface area (Å²) in [5.41, 5.74) is 1.47. The van der Waals surface area contributed by atoms with Crippen molar-refractivity contribution in [2.75, 3.05) is 20.1 Å². The molecule has 1 saturated heterocycles. The molecule has 1 aromatic carbocycles. The number of carbonyl (C=O) groups excluding carboxylic acids is 1. The van der Waals surface area contributed by atoms with Crippen molar-refractivity contribution in [3.8, 4) is 5.75 Å². The van der Waals surface area contributed by atoms with Crippen molar-refractivity contribution in [3.63, 3.8) is 0 Å². The van der Waals surface area contributed by atoms with E-state index in [-0.39, 0.29) is 24.1 Å². The van der Waals surface area contributed by atoms with Gasteiger partial charge in [-0.2, -0.15) is 13.2 Å². The summed E-state index contributed by atoms with van der Waals surface area (Å²) in [5, 5.41) is 2.66. The monoisotopic (exact) mass is 393 g/mol. The summed E-state index contributed by atoms with van der Waals surface area (Å²) >= 11 is 0. The molecule has 8 heteroatoms. The number of aryl methyl sites for hydroxylation is 1. The fraction of sp³-hybridized carbons (Fsp3) is 0.400. The summed E-state index contributed by atoms with van der Waals surface area (Å²) in [5.74, 6) is 0.725. The van der Waals surface area contributed by atoms with Crippen LogP contribution in [0.4, 0.5) is 13.2 Å². The molecule has 1 aromatic heterocycles. The van der Waals surface area contributed by atoms with Crippen molar-refractivity contribution < 1.29 is 22.7 Å². The predicted octanol–water partition coefficient (Wildman–Crippen LogP) is 3.17. The van der Waals surface area contributed by atoms with Gasteiger partial charge in [-0.3, -0.25) is 14.7 Å². The first kappa shape index (κ1) is 20.1. The number of carbonyl (C=O) groups is 1. The third kappa shape index (κ3) is 4.81. The summed E-state index contributed by atoms with van der Waals surface area (Å²) in [4.78, 5) is 17.7. The molecule has 1 amide bonds. The van der Waals surface area contributed by atoms with Crippen LogP contribution in [0.2, 0.25) is 0 Å². The largest absolute Gasteiger partial charge is 0.487 e. The summed E-state index contributed by atoms with van der Waals surface area (Å²) in [6.07, 6.45) is -3.26. The molecule has 0 saturated carbocycles. The van der Waals surface area contributed by atoms with Crippen molar-refractivity contribution in [2.24, 2.45) is 5.92 Å². The number of rotatable bonds is 6. The summed E-state index contributed by atoms with van der Waals surface area (Å²) in [7, 11) is 1.64. The van der Waals surface area contributed by atoms with Gasteiger partial charge in [0.25, 0.3) is 0 Å². The number of amides is 1. The molecule has 0 atom stereocenters. The molecule has 0 unspecified atom stereocenters. The molecule has 1 aliphatic heterocycles. The van der Waals surface area contributed by atoms with Crippen LogP contribution < -0.4 is 10.1 Å². The first-order chi connectivity index (χ1) is 13.3. The molecule has 5 nitrogen and oxygen atoms in total. The zero-order valence-electron chi connectivity index (χ0n) is 15.7. The highest BCUT2D eigenvalue weighted by atomic mass is 19.4. The normalized spacial score (nSPS) is 15.2. The van der Waals surface area contributed by atoms with Gasteiger partial charge in [0.05, 0.1) is 17.2 Å². The van der Waals surface area contributed by atoms with Gasteiger partial charge in [0, 0.05) is 32.9 Å². The Morgan fingerprint density at radius 1 is 1.29 bits per heavy atom. The number of alkyl halides is 3. The van der Waals surface area contributed by atoms with E-state index in [9.17, 15) is 18.0 Å². The fourth-order valence-electron chi connectivity index (χ4n) is 3.18. The maximum atomic E-state index is 12.8. The Balaban J connectivity index is 1.56. The van der Waals surface area contributed by atoms with Crippen LogP contribution in [0.3, 0.4) is 0 Å². The first-order valence-electron chi connectivity index (χ1n) is 8.94. The van der Waals surface area contributed by atoms with E-state index in [4.69, 9.17) is 4.74 Å². The Kier molecular flexibility index (Phi) is 5.88. The van der Waals surface area contributed by atoms with E-state index in [2.05, 4.69) is 15.2 Å². The Labute approximate surface area is 161 Å². The second-order valence-corrected chi connectivity index (χ2v) is 6.93. The van der Waals surface area contributed by atoms with E-state index in [1.807, 2.05) is 25.1 Å². The quantitative estimate of drug-likeness (QED) is 0.819. The number of halogens is 3. The van der Waals surface area contributed by atoms with E-state index >= 15 is 0 Å². The molecule has 150 valence electrons. The van der Waals surface area contributed by atoms with Gasteiger partial charge >= 0.3 is 6.18 Å². The summed E-state index contributed by atoms with van der Waals surface area (Å²) in [6.45, 7) is 4.06. The van der Waals surface area contributed by atoms with Gasteiger partial charge in [-0.25, -0.2) is 0 Å². The molecule has 28 heavy (non-hydrogen) atoms. The third-order valence-electron chi connectivity index (χ3n) is 4.74. The maximum absolute atomic E-state index is 12.8. The lowest BCUT2D eigenvalue weighted by Gasteiger charge is -2.38. The molecule has 0 spiro atoms. The number of pyridine rings is 1. The molecule has 3 rings (SSSR count). The minimum absolute atomic E-state index is 0.0377.